The number of nitrogens with zero attached hydrogens (tertiary/aromatic N) is 2. The zero-order chi connectivity index (χ0) is 11.4. The van der Waals surface area contributed by atoms with Crippen molar-refractivity contribution in [2.24, 2.45) is 12.8 Å². The number of rotatable bonds is 5. The van der Waals surface area contributed by atoms with E-state index < -0.39 is 0 Å². The van der Waals surface area contributed by atoms with Gasteiger partial charge in [-0.05, 0) is 20.3 Å². The maximum absolute atomic E-state index is 5.79. The van der Waals surface area contributed by atoms with Gasteiger partial charge in [-0.15, -0.1) is 0 Å². The Hall–Kier alpha value is -0.870. The normalized spacial score (nSPS) is 15.3. The molecule has 0 spiro atoms. The van der Waals surface area contributed by atoms with Crippen molar-refractivity contribution in [3.8, 4) is 0 Å². The highest BCUT2D eigenvalue weighted by Gasteiger charge is 2.16. The molecule has 2 atom stereocenters. The van der Waals surface area contributed by atoms with Gasteiger partial charge in [-0.2, -0.15) is 5.10 Å². The Bertz CT molecular complexity index is 306. The average molecular weight is 210 g/mol. The van der Waals surface area contributed by atoms with Crippen LogP contribution in [0.3, 0.4) is 0 Å². The third-order valence-electron chi connectivity index (χ3n) is 2.98. The van der Waals surface area contributed by atoms with Gasteiger partial charge in [0.1, 0.15) is 0 Å². The quantitative estimate of drug-likeness (QED) is 0.765. The topological polar surface area (TPSA) is 55.9 Å². The van der Waals surface area contributed by atoms with Crippen molar-refractivity contribution in [1.29, 1.82) is 0 Å². The number of aromatic nitrogens is 2. The van der Waals surface area contributed by atoms with E-state index in [1.54, 1.807) is 0 Å². The van der Waals surface area contributed by atoms with Crippen LogP contribution in [-0.4, -0.2) is 22.4 Å². The molecular formula is C11H22N4. The van der Waals surface area contributed by atoms with Crippen LogP contribution in [0.1, 0.15) is 37.6 Å². The monoisotopic (exact) mass is 210 g/mol. The Labute approximate surface area is 91.8 Å². The van der Waals surface area contributed by atoms with Gasteiger partial charge in [0.25, 0.3) is 0 Å². The minimum absolute atomic E-state index is 0.216. The van der Waals surface area contributed by atoms with E-state index in [4.69, 9.17) is 5.73 Å². The van der Waals surface area contributed by atoms with Gasteiger partial charge in [0.15, 0.2) is 0 Å². The van der Waals surface area contributed by atoms with Gasteiger partial charge >= 0.3 is 0 Å². The van der Waals surface area contributed by atoms with Crippen LogP contribution < -0.4 is 11.1 Å². The van der Waals surface area contributed by atoms with Gasteiger partial charge < -0.3 is 11.1 Å². The second-order valence-electron chi connectivity index (χ2n) is 4.07. The van der Waals surface area contributed by atoms with E-state index in [0.29, 0.717) is 12.6 Å². The summed E-state index contributed by atoms with van der Waals surface area (Å²) >= 11 is 0. The number of hydrogen-bond acceptors (Lipinski definition) is 3. The molecular weight excluding hydrogens is 188 g/mol. The summed E-state index contributed by atoms with van der Waals surface area (Å²) in [6, 6.07) is 0.701. The largest absolute Gasteiger partial charge is 0.329 e. The van der Waals surface area contributed by atoms with Gasteiger partial charge in [0, 0.05) is 36.9 Å². The van der Waals surface area contributed by atoms with Crippen LogP contribution in [0.25, 0.3) is 0 Å². The van der Waals surface area contributed by atoms with Crippen LogP contribution in [0, 0.1) is 6.92 Å². The summed E-state index contributed by atoms with van der Waals surface area (Å²) in [5, 5.41) is 7.75. The molecule has 0 bridgehead atoms. The maximum Gasteiger partial charge on any atom is 0.0540 e. The first-order valence-corrected chi connectivity index (χ1v) is 5.54. The maximum atomic E-state index is 5.79. The number of nitrogens with one attached hydrogen (secondary N) is 1. The van der Waals surface area contributed by atoms with Gasteiger partial charge in [-0.25, -0.2) is 0 Å². The molecule has 1 rings (SSSR count). The first kappa shape index (κ1) is 12.2. The average Bonchev–Trinajstić information content (AvgIpc) is 2.56. The highest BCUT2D eigenvalue weighted by Crippen LogP contribution is 2.16. The van der Waals surface area contributed by atoms with Crippen molar-refractivity contribution < 1.29 is 0 Å². The SMILES string of the molecule is CCC(C)NC(CN)c1cnn(C)c1C. The van der Waals surface area contributed by atoms with Gasteiger partial charge in [0.05, 0.1) is 6.20 Å². The molecule has 4 heteroatoms. The first-order chi connectivity index (χ1) is 7.10. The lowest BCUT2D eigenvalue weighted by Gasteiger charge is -2.21. The molecule has 0 aliphatic carbocycles. The van der Waals surface area contributed by atoms with Gasteiger partial charge in [-0.3, -0.25) is 4.68 Å². The molecule has 15 heavy (non-hydrogen) atoms. The minimum atomic E-state index is 0.216. The molecule has 0 fully saturated rings. The van der Waals surface area contributed by atoms with E-state index in [1.165, 1.54) is 11.3 Å². The van der Waals surface area contributed by atoms with Crippen LogP contribution in [0.2, 0.25) is 0 Å². The second kappa shape index (κ2) is 5.28. The molecule has 0 radical (unpaired) electrons. The third kappa shape index (κ3) is 2.79. The van der Waals surface area contributed by atoms with E-state index in [9.17, 15) is 0 Å². The van der Waals surface area contributed by atoms with Crippen molar-refractivity contribution in [1.82, 2.24) is 15.1 Å². The van der Waals surface area contributed by atoms with Gasteiger partial charge in [0.2, 0.25) is 0 Å². The minimum Gasteiger partial charge on any atom is -0.329 e. The Balaban J connectivity index is 2.78. The second-order valence-corrected chi connectivity index (χ2v) is 4.07. The lowest BCUT2D eigenvalue weighted by Crippen LogP contribution is -2.34. The van der Waals surface area contributed by atoms with Crippen molar-refractivity contribution in [2.75, 3.05) is 6.54 Å². The highest BCUT2D eigenvalue weighted by molar-refractivity contribution is 5.21. The van der Waals surface area contributed by atoms with Crippen molar-refractivity contribution >= 4 is 0 Å². The van der Waals surface area contributed by atoms with E-state index in [-0.39, 0.29) is 6.04 Å². The molecule has 86 valence electrons. The van der Waals surface area contributed by atoms with Crippen LogP contribution in [-0.2, 0) is 7.05 Å². The summed E-state index contributed by atoms with van der Waals surface area (Å²) in [6.07, 6.45) is 3.01. The highest BCUT2D eigenvalue weighted by atomic mass is 15.3. The summed E-state index contributed by atoms with van der Waals surface area (Å²) in [4.78, 5) is 0. The van der Waals surface area contributed by atoms with Crippen LogP contribution in [0.4, 0.5) is 0 Å². The van der Waals surface area contributed by atoms with E-state index in [1.807, 2.05) is 17.9 Å². The van der Waals surface area contributed by atoms with Crippen molar-refractivity contribution in [3.05, 3.63) is 17.5 Å². The summed E-state index contributed by atoms with van der Waals surface area (Å²) in [7, 11) is 1.95. The summed E-state index contributed by atoms with van der Waals surface area (Å²) < 4.78 is 1.89. The smallest absolute Gasteiger partial charge is 0.0540 e. The number of aryl methyl sites for hydroxylation is 1. The molecule has 3 N–H and O–H groups in total. The van der Waals surface area contributed by atoms with Crippen molar-refractivity contribution in [3.63, 3.8) is 0 Å². The fraction of sp³-hybridized carbons (Fsp3) is 0.727. The summed E-state index contributed by atoms with van der Waals surface area (Å²) in [5.74, 6) is 0. The Morgan fingerprint density at radius 2 is 2.27 bits per heavy atom. The molecule has 4 nitrogen and oxygen atoms in total. The van der Waals surface area contributed by atoms with Crippen molar-refractivity contribution in [2.45, 2.75) is 39.3 Å². The molecule has 1 aromatic rings. The van der Waals surface area contributed by atoms with Crippen LogP contribution in [0.15, 0.2) is 6.20 Å². The molecule has 0 saturated heterocycles. The fourth-order valence-corrected chi connectivity index (χ4v) is 1.60. The summed E-state index contributed by atoms with van der Waals surface area (Å²) in [6.45, 7) is 7.02. The number of hydrogen-bond donors (Lipinski definition) is 2. The molecule has 0 amide bonds. The molecule has 0 aliphatic heterocycles. The Morgan fingerprint density at radius 3 is 2.67 bits per heavy atom. The molecule has 2 unspecified atom stereocenters. The summed E-state index contributed by atoms with van der Waals surface area (Å²) in [5.41, 5.74) is 8.18. The lowest BCUT2D eigenvalue weighted by molar-refractivity contribution is 0.450. The van der Waals surface area contributed by atoms with E-state index >= 15 is 0 Å². The fourth-order valence-electron chi connectivity index (χ4n) is 1.60. The Morgan fingerprint density at radius 1 is 1.60 bits per heavy atom. The zero-order valence-corrected chi connectivity index (χ0v) is 10.1. The standard InChI is InChI=1S/C11H22N4/c1-5-8(2)14-11(6-12)10-7-13-15(4)9(10)3/h7-8,11,14H,5-6,12H2,1-4H3. The predicted octanol–water partition coefficient (Wildman–Crippen LogP) is 1.12. The first-order valence-electron chi connectivity index (χ1n) is 5.54. The molecule has 0 aromatic carbocycles. The lowest BCUT2D eigenvalue weighted by atomic mass is 10.1. The number of nitrogens with two attached hydrogens (primary N) is 1. The van der Waals surface area contributed by atoms with Gasteiger partial charge in [-0.1, -0.05) is 6.92 Å². The molecule has 1 heterocycles. The zero-order valence-electron chi connectivity index (χ0n) is 10.1. The predicted molar refractivity (Wildman–Crippen MR) is 62.6 cm³/mol. The Kier molecular flexibility index (Phi) is 4.29. The van der Waals surface area contributed by atoms with E-state index in [2.05, 4.69) is 31.2 Å². The van der Waals surface area contributed by atoms with E-state index in [0.717, 1.165) is 6.42 Å². The van der Waals surface area contributed by atoms with Crippen LogP contribution in [0.5, 0.6) is 0 Å². The third-order valence-corrected chi connectivity index (χ3v) is 2.98. The molecule has 0 saturated carbocycles. The van der Waals surface area contributed by atoms with Crippen LogP contribution >= 0.6 is 0 Å². The molecule has 0 aliphatic rings. The molecule has 1 aromatic heterocycles.